The van der Waals surface area contributed by atoms with Gasteiger partial charge in [0.2, 0.25) is 0 Å². The van der Waals surface area contributed by atoms with E-state index in [-0.39, 0.29) is 17.7 Å². The fourth-order valence-electron chi connectivity index (χ4n) is 3.09. The first-order valence-corrected chi connectivity index (χ1v) is 11.5. The Morgan fingerprint density at radius 2 is 1.53 bits per heavy atom. The largest absolute Gasteiger partial charge is 0.486 e. The van der Waals surface area contributed by atoms with E-state index in [0.29, 0.717) is 37.9 Å². The maximum Gasteiger partial charge on any atom is 0.293 e. The van der Waals surface area contributed by atoms with Gasteiger partial charge in [-0.1, -0.05) is 77.3 Å². The number of halogens is 3. The van der Waals surface area contributed by atoms with Crippen molar-refractivity contribution in [3.63, 3.8) is 0 Å². The number of amides is 2. The Hall–Kier alpha value is -2.44. The highest BCUT2D eigenvalue weighted by molar-refractivity contribution is 8.18. The highest BCUT2D eigenvalue weighted by atomic mass is 35.5. The van der Waals surface area contributed by atoms with Crippen molar-refractivity contribution in [1.29, 1.82) is 0 Å². The van der Waals surface area contributed by atoms with Crippen molar-refractivity contribution >= 4 is 63.8 Å². The summed E-state index contributed by atoms with van der Waals surface area (Å²) in [5.41, 5.74) is 2.39. The van der Waals surface area contributed by atoms with Crippen molar-refractivity contribution in [2.45, 2.75) is 13.2 Å². The van der Waals surface area contributed by atoms with Crippen molar-refractivity contribution in [2.75, 3.05) is 0 Å². The van der Waals surface area contributed by atoms with Crippen LogP contribution in [-0.4, -0.2) is 16.0 Å². The molecule has 3 aromatic rings. The number of ether oxygens (including phenoxy) is 1. The van der Waals surface area contributed by atoms with Crippen LogP contribution in [-0.2, 0) is 17.9 Å². The lowest BCUT2D eigenvalue weighted by Crippen LogP contribution is -2.27. The molecule has 1 heterocycles. The molecule has 1 aliphatic rings. The maximum atomic E-state index is 12.8. The van der Waals surface area contributed by atoms with E-state index in [1.807, 2.05) is 30.3 Å². The molecule has 162 valence electrons. The zero-order valence-corrected chi connectivity index (χ0v) is 19.6. The number of thioether (sulfide) groups is 1. The van der Waals surface area contributed by atoms with Crippen molar-refractivity contribution < 1.29 is 14.3 Å². The third-order valence-electron chi connectivity index (χ3n) is 4.67. The fourth-order valence-corrected chi connectivity index (χ4v) is 4.67. The van der Waals surface area contributed by atoms with Gasteiger partial charge in [-0.3, -0.25) is 14.5 Å². The van der Waals surface area contributed by atoms with Crippen LogP contribution >= 0.6 is 46.6 Å². The standard InChI is InChI=1S/C24H16Cl3NO3S/c25-18-8-6-15(7-9-18)13-28-23(29)21(32-24(28)30)12-17-10-19(26)22(20(27)11-17)31-14-16-4-2-1-3-5-16/h1-12H,13-14H2/b21-12-. The highest BCUT2D eigenvalue weighted by Gasteiger charge is 2.35. The summed E-state index contributed by atoms with van der Waals surface area (Å²) in [4.78, 5) is 26.7. The maximum absolute atomic E-state index is 12.8. The number of nitrogens with zero attached hydrogens (tertiary/aromatic N) is 1. The summed E-state index contributed by atoms with van der Waals surface area (Å²) in [6.07, 6.45) is 1.60. The van der Waals surface area contributed by atoms with E-state index < -0.39 is 0 Å². The molecule has 1 aliphatic heterocycles. The van der Waals surface area contributed by atoms with Gasteiger partial charge in [0.15, 0.2) is 5.75 Å². The van der Waals surface area contributed by atoms with Crippen LogP contribution in [0.5, 0.6) is 5.75 Å². The topological polar surface area (TPSA) is 46.6 Å². The van der Waals surface area contributed by atoms with Crippen LogP contribution in [0.25, 0.3) is 6.08 Å². The van der Waals surface area contributed by atoms with Crippen LogP contribution in [0, 0.1) is 0 Å². The summed E-state index contributed by atoms with van der Waals surface area (Å²) in [7, 11) is 0. The van der Waals surface area contributed by atoms with Crippen molar-refractivity contribution in [2.24, 2.45) is 0 Å². The molecule has 0 unspecified atom stereocenters. The first-order valence-electron chi connectivity index (χ1n) is 9.56. The Kier molecular flexibility index (Phi) is 7.11. The van der Waals surface area contributed by atoms with Crippen LogP contribution < -0.4 is 4.74 Å². The molecule has 1 saturated heterocycles. The smallest absolute Gasteiger partial charge is 0.293 e. The van der Waals surface area contributed by atoms with Gasteiger partial charge in [-0.15, -0.1) is 0 Å². The van der Waals surface area contributed by atoms with E-state index in [1.165, 1.54) is 4.90 Å². The van der Waals surface area contributed by atoms with E-state index in [1.54, 1.807) is 42.5 Å². The Morgan fingerprint density at radius 1 is 0.875 bits per heavy atom. The molecule has 0 spiro atoms. The average molecular weight is 505 g/mol. The first-order chi connectivity index (χ1) is 15.4. The van der Waals surface area contributed by atoms with Crippen LogP contribution in [0.15, 0.2) is 71.6 Å². The minimum Gasteiger partial charge on any atom is -0.486 e. The van der Waals surface area contributed by atoms with E-state index in [9.17, 15) is 9.59 Å². The average Bonchev–Trinajstić information content (AvgIpc) is 3.02. The molecule has 2 amide bonds. The SMILES string of the molecule is O=C1S/C(=C\c2cc(Cl)c(OCc3ccccc3)c(Cl)c2)C(=O)N1Cc1ccc(Cl)cc1. The second-order valence-corrected chi connectivity index (χ2v) is 9.23. The van der Waals surface area contributed by atoms with Gasteiger partial charge < -0.3 is 4.74 Å². The van der Waals surface area contributed by atoms with Crippen LogP contribution in [0.1, 0.15) is 16.7 Å². The van der Waals surface area contributed by atoms with Gasteiger partial charge in [0.05, 0.1) is 21.5 Å². The number of hydrogen-bond donors (Lipinski definition) is 0. The van der Waals surface area contributed by atoms with E-state index in [4.69, 9.17) is 39.5 Å². The zero-order chi connectivity index (χ0) is 22.7. The number of benzene rings is 3. The van der Waals surface area contributed by atoms with Gasteiger partial charge >= 0.3 is 0 Å². The lowest BCUT2D eigenvalue weighted by atomic mass is 10.2. The normalized spacial score (nSPS) is 15.0. The summed E-state index contributed by atoms with van der Waals surface area (Å²) in [6, 6.07) is 20.0. The second-order valence-electron chi connectivity index (χ2n) is 6.98. The molecule has 4 nitrogen and oxygen atoms in total. The Labute approximate surface area is 204 Å². The lowest BCUT2D eigenvalue weighted by Gasteiger charge is -2.12. The number of imide groups is 1. The zero-order valence-electron chi connectivity index (χ0n) is 16.6. The first kappa shape index (κ1) is 22.7. The van der Waals surface area contributed by atoms with Crippen LogP contribution in [0.4, 0.5) is 4.79 Å². The molecule has 0 radical (unpaired) electrons. The molecule has 0 aliphatic carbocycles. The molecule has 8 heteroatoms. The van der Waals surface area contributed by atoms with Crippen molar-refractivity contribution in [1.82, 2.24) is 4.90 Å². The summed E-state index contributed by atoms with van der Waals surface area (Å²) in [5.74, 6) is -0.00298. The number of carbonyl (C=O) groups is 2. The Balaban J connectivity index is 1.50. The van der Waals surface area contributed by atoms with Gasteiger partial charge in [-0.25, -0.2) is 0 Å². The van der Waals surface area contributed by atoms with Crippen LogP contribution in [0.3, 0.4) is 0 Å². The summed E-state index contributed by atoms with van der Waals surface area (Å²) >= 11 is 19.5. The molecular weight excluding hydrogens is 489 g/mol. The molecular formula is C24H16Cl3NO3S. The number of rotatable bonds is 6. The van der Waals surface area contributed by atoms with E-state index in [0.717, 1.165) is 22.9 Å². The molecule has 32 heavy (non-hydrogen) atoms. The fraction of sp³-hybridized carbons (Fsp3) is 0.0833. The minimum atomic E-state index is -0.369. The van der Waals surface area contributed by atoms with E-state index in [2.05, 4.69) is 0 Å². The van der Waals surface area contributed by atoms with Crippen molar-refractivity contribution in [3.05, 3.63) is 103 Å². The van der Waals surface area contributed by atoms with Crippen molar-refractivity contribution in [3.8, 4) is 5.75 Å². The molecule has 3 aromatic carbocycles. The number of carbonyl (C=O) groups excluding carboxylic acids is 2. The third-order valence-corrected chi connectivity index (χ3v) is 6.39. The Morgan fingerprint density at radius 3 is 2.19 bits per heavy atom. The van der Waals surface area contributed by atoms with Crippen LogP contribution in [0.2, 0.25) is 15.1 Å². The van der Waals surface area contributed by atoms with Gasteiger partial charge in [0, 0.05) is 5.02 Å². The summed E-state index contributed by atoms with van der Waals surface area (Å²) in [6.45, 7) is 0.496. The quantitative estimate of drug-likeness (QED) is 0.327. The second kappa shape index (κ2) is 10.0. The van der Waals surface area contributed by atoms with E-state index >= 15 is 0 Å². The Bertz CT molecular complexity index is 1170. The molecule has 0 atom stereocenters. The molecule has 4 rings (SSSR count). The monoisotopic (exact) mass is 503 g/mol. The highest BCUT2D eigenvalue weighted by Crippen LogP contribution is 2.38. The predicted octanol–water partition coefficient (Wildman–Crippen LogP) is 7.46. The molecule has 1 fully saturated rings. The predicted molar refractivity (Wildman–Crippen MR) is 130 cm³/mol. The third kappa shape index (κ3) is 5.30. The number of hydrogen-bond acceptors (Lipinski definition) is 4. The minimum absolute atomic E-state index is 0.174. The van der Waals surface area contributed by atoms with Gasteiger partial charge in [0.1, 0.15) is 6.61 Å². The molecule has 0 saturated carbocycles. The molecule has 0 bridgehead atoms. The summed E-state index contributed by atoms with van der Waals surface area (Å²) < 4.78 is 5.78. The summed E-state index contributed by atoms with van der Waals surface area (Å²) in [5, 5.41) is 0.893. The lowest BCUT2D eigenvalue weighted by molar-refractivity contribution is -0.123. The molecule has 0 N–H and O–H groups in total. The van der Waals surface area contributed by atoms with Gasteiger partial charge in [-0.2, -0.15) is 0 Å². The van der Waals surface area contributed by atoms with Gasteiger partial charge in [0.25, 0.3) is 11.1 Å². The molecule has 0 aromatic heterocycles. The van der Waals surface area contributed by atoms with Gasteiger partial charge in [-0.05, 0) is 58.8 Å².